The smallest absolute Gasteiger partial charge is 0.118 e. The van der Waals surface area contributed by atoms with Gasteiger partial charge in [0.1, 0.15) is 5.75 Å². The molecule has 0 aliphatic carbocycles. The van der Waals surface area contributed by atoms with Crippen LogP contribution in [0.5, 0.6) is 5.75 Å². The molecule has 0 aliphatic heterocycles. The van der Waals surface area contributed by atoms with E-state index in [0.29, 0.717) is 0 Å². The van der Waals surface area contributed by atoms with E-state index in [9.17, 15) is 0 Å². The van der Waals surface area contributed by atoms with Crippen molar-refractivity contribution in [3.05, 3.63) is 77.9 Å². The SMILES string of the molecule is COc1ccc(/C=N/N(C)Cc2cccc3ccccc23)cc1. The third-order valence-corrected chi connectivity index (χ3v) is 3.80. The van der Waals surface area contributed by atoms with Gasteiger partial charge in [-0.2, -0.15) is 5.10 Å². The van der Waals surface area contributed by atoms with Gasteiger partial charge >= 0.3 is 0 Å². The second kappa shape index (κ2) is 6.97. The van der Waals surface area contributed by atoms with Crippen LogP contribution in [0, 0.1) is 0 Å². The van der Waals surface area contributed by atoms with Crippen LogP contribution in [0.25, 0.3) is 10.8 Å². The molecule has 3 rings (SSSR count). The summed E-state index contributed by atoms with van der Waals surface area (Å²) in [4.78, 5) is 0. The van der Waals surface area contributed by atoms with Gasteiger partial charge in [-0.1, -0.05) is 42.5 Å². The Hall–Kier alpha value is -2.81. The fraction of sp³-hybridized carbons (Fsp3) is 0.150. The summed E-state index contributed by atoms with van der Waals surface area (Å²) < 4.78 is 5.16. The van der Waals surface area contributed by atoms with Crippen LogP contribution in [0.2, 0.25) is 0 Å². The van der Waals surface area contributed by atoms with Crippen molar-refractivity contribution in [1.29, 1.82) is 0 Å². The molecule has 0 aliphatic rings. The number of fused-ring (bicyclic) bond motifs is 1. The third kappa shape index (κ3) is 3.69. The van der Waals surface area contributed by atoms with Gasteiger partial charge in [0.15, 0.2) is 0 Å². The Labute approximate surface area is 136 Å². The molecule has 0 saturated carbocycles. The van der Waals surface area contributed by atoms with Crippen molar-refractivity contribution in [2.75, 3.05) is 14.2 Å². The summed E-state index contributed by atoms with van der Waals surface area (Å²) in [7, 11) is 3.66. The Morgan fingerprint density at radius 3 is 2.48 bits per heavy atom. The van der Waals surface area contributed by atoms with Crippen LogP contribution in [0.15, 0.2) is 71.8 Å². The molecule has 3 nitrogen and oxygen atoms in total. The van der Waals surface area contributed by atoms with Crippen LogP contribution in [0.3, 0.4) is 0 Å². The standard InChI is InChI=1S/C20H20N2O/c1-22(21-14-16-10-12-19(23-2)13-11-16)15-18-8-5-7-17-6-3-4-9-20(17)18/h3-14H,15H2,1-2H3/b21-14+. The van der Waals surface area contributed by atoms with Gasteiger partial charge in [0.05, 0.1) is 19.9 Å². The number of hydrazone groups is 1. The molecule has 0 heterocycles. The summed E-state index contributed by atoms with van der Waals surface area (Å²) in [5.41, 5.74) is 2.33. The molecule has 0 spiro atoms. The van der Waals surface area contributed by atoms with Gasteiger partial charge < -0.3 is 4.74 Å². The minimum absolute atomic E-state index is 0.772. The van der Waals surface area contributed by atoms with Crippen LogP contribution >= 0.6 is 0 Å². The lowest BCUT2D eigenvalue weighted by Gasteiger charge is -2.14. The first kappa shape index (κ1) is 15.1. The Morgan fingerprint density at radius 1 is 0.957 bits per heavy atom. The highest BCUT2D eigenvalue weighted by molar-refractivity contribution is 5.85. The topological polar surface area (TPSA) is 24.8 Å². The molecule has 23 heavy (non-hydrogen) atoms. The molecule has 116 valence electrons. The molecule has 3 aromatic carbocycles. The number of hydrogen-bond acceptors (Lipinski definition) is 3. The first-order chi connectivity index (χ1) is 11.3. The maximum Gasteiger partial charge on any atom is 0.118 e. The van der Waals surface area contributed by atoms with Crippen molar-refractivity contribution in [2.45, 2.75) is 6.54 Å². The first-order valence-electron chi connectivity index (χ1n) is 7.62. The lowest BCUT2D eigenvalue weighted by Crippen LogP contribution is -2.11. The number of methoxy groups -OCH3 is 1. The summed E-state index contributed by atoms with van der Waals surface area (Å²) in [5.74, 6) is 0.853. The van der Waals surface area contributed by atoms with Gasteiger partial charge in [-0.3, -0.25) is 5.01 Å². The number of benzene rings is 3. The summed E-state index contributed by atoms with van der Waals surface area (Å²) >= 11 is 0. The highest BCUT2D eigenvalue weighted by Gasteiger charge is 2.02. The number of ether oxygens (including phenoxy) is 1. The van der Waals surface area contributed by atoms with E-state index in [1.807, 2.05) is 42.5 Å². The van der Waals surface area contributed by atoms with Crippen molar-refractivity contribution >= 4 is 17.0 Å². The molecule has 0 aromatic heterocycles. The fourth-order valence-corrected chi connectivity index (χ4v) is 2.57. The fourth-order valence-electron chi connectivity index (χ4n) is 2.57. The molecule has 0 unspecified atom stereocenters. The molecule has 0 saturated heterocycles. The zero-order valence-electron chi connectivity index (χ0n) is 13.4. The van der Waals surface area contributed by atoms with E-state index < -0.39 is 0 Å². The van der Waals surface area contributed by atoms with Gasteiger partial charge in [0.2, 0.25) is 0 Å². The average molecular weight is 304 g/mol. The van der Waals surface area contributed by atoms with E-state index in [2.05, 4.69) is 47.6 Å². The Morgan fingerprint density at radius 2 is 1.70 bits per heavy atom. The highest BCUT2D eigenvalue weighted by atomic mass is 16.5. The average Bonchev–Trinajstić information content (AvgIpc) is 2.61. The summed E-state index contributed by atoms with van der Waals surface area (Å²) in [6, 6.07) is 22.7. The quantitative estimate of drug-likeness (QED) is 0.518. The van der Waals surface area contributed by atoms with Crippen LogP contribution < -0.4 is 4.74 Å². The molecular formula is C20H20N2O. The first-order valence-corrected chi connectivity index (χ1v) is 7.62. The van der Waals surface area contributed by atoms with Crippen LogP contribution in [0.1, 0.15) is 11.1 Å². The number of nitrogens with zero attached hydrogens (tertiary/aromatic N) is 2. The van der Waals surface area contributed by atoms with Crippen LogP contribution in [-0.4, -0.2) is 25.4 Å². The van der Waals surface area contributed by atoms with Gasteiger partial charge in [0, 0.05) is 7.05 Å². The molecule has 3 heteroatoms. The lowest BCUT2D eigenvalue weighted by atomic mass is 10.0. The second-order valence-corrected chi connectivity index (χ2v) is 5.47. The van der Waals surface area contributed by atoms with Gasteiger partial charge in [0.25, 0.3) is 0 Å². The Kier molecular flexibility index (Phi) is 4.57. The predicted molar refractivity (Wildman–Crippen MR) is 96.0 cm³/mol. The largest absolute Gasteiger partial charge is 0.497 e. The molecular weight excluding hydrogens is 284 g/mol. The van der Waals surface area contributed by atoms with Gasteiger partial charge in [-0.05, 0) is 46.2 Å². The Bertz CT molecular complexity index is 804. The monoisotopic (exact) mass is 304 g/mol. The third-order valence-electron chi connectivity index (χ3n) is 3.80. The normalized spacial score (nSPS) is 11.0. The lowest BCUT2D eigenvalue weighted by molar-refractivity contribution is 0.350. The number of rotatable bonds is 5. The van der Waals surface area contributed by atoms with Gasteiger partial charge in [-0.15, -0.1) is 0 Å². The van der Waals surface area contributed by atoms with E-state index in [1.54, 1.807) is 7.11 Å². The predicted octanol–water partition coefficient (Wildman–Crippen LogP) is 4.31. The molecule has 0 atom stereocenters. The minimum atomic E-state index is 0.772. The van der Waals surface area contributed by atoms with Crippen molar-refractivity contribution in [3.8, 4) is 5.75 Å². The molecule has 3 aromatic rings. The highest BCUT2D eigenvalue weighted by Crippen LogP contribution is 2.19. The zero-order chi connectivity index (χ0) is 16.1. The van der Waals surface area contributed by atoms with E-state index in [0.717, 1.165) is 17.9 Å². The van der Waals surface area contributed by atoms with Crippen molar-refractivity contribution in [2.24, 2.45) is 5.10 Å². The van der Waals surface area contributed by atoms with E-state index in [4.69, 9.17) is 4.74 Å². The van der Waals surface area contributed by atoms with Crippen molar-refractivity contribution < 1.29 is 4.74 Å². The van der Waals surface area contributed by atoms with E-state index in [-0.39, 0.29) is 0 Å². The van der Waals surface area contributed by atoms with Crippen LogP contribution in [-0.2, 0) is 6.54 Å². The molecule has 0 radical (unpaired) electrons. The molecule has 0 fully saturated rings. The van der Waals surface area contributed by atoms with Crippen molar-refractivity contribution in [1.82, 2.24) is 5.01 Å². The Balaban J connectivity index is 1.72. The maximum absolute atomic E-state index is 5.16. The number of hydrogen-bond donors (Lipinski definition) is 0. The van der Waals surface area contributed by atoms with E-state index in [1.165, 1.54) is 16.3 Å². The van der Waals surface area contributed by atoms with Crippen molar-refractivity contribution in [3.63, 3.8) is 0 Å². The van der Waals surface area contributed by atoms with E-state index >= 15 is 0 Å². The van der Waals surface area contributed by atoms with Gasteiger partial charge in [-0.25, -0.2) is 0 Å². The minimum Gasteiger partial charge on any atom is -0.497 e. The second-order valence-electron chi connectivity index (χ2n) is 5.47. The molecule has 0 amide bonds. The molecule has 0 bridgehead atoms. The van der Waals surface area contributed by atoms with Crippen LogP contribution in [0.4, 0.5) is 0 Å². The summed E-state index contributed by atoms with van der Waals surface area (Å²) in [6.45, 7) is 0.772. The maximum atomic E-state index is 5.16. The summed E-state index contributed by atoms with van der Waals surface area (Å²) in [5, 5.41) is 9.01. The summed E-state index contributed by atoms with van der Waals surface area (Å²) in [6.07, 6.45) is 1.87. The zero-order valence-corrected chi connectivity index (χ0v) is 13.4. The molecule has 0 N–H and O–H groups in total.